The van der Waals surface area contributed by atoms with E-state index >= 15 is 0 Å². The molecule has 1 aromatic heterocycles. The fourth-order valence-electron chi connectivity index (χ4n) is 3.43. The van der Waals surface area contributed by atoms with Crippen LogP contribution in [0.25, 0.3) is 11.0 Å². The van der Waals surface area contributed by atoms with Crippen molar-refractivity contribution in [2.24, 2.45) is 0 Å². The van der Waals surface area contributed by atoms with Crippen LogP contribution in [0, 0.1) is 5.82 Å². The van der Waals surface area contributed by atoms with Gasteiger partial charge in [-0.3, -0.25) is 4.79 Å². The number of nitrogens with zero attached hydrogens (tertiary/aromatic N) is 2. The van der Waals surface area contributed by atoms with Gasteiger partial charge in [-0.05, 0) is 37.1 Å². The van der Waals surface area contributed by atoms with Crippen LogP contribution in [0.4, 0.5) is 4.39 Å². The molecule has 1 amide bonds. The molecule has 0 radical (unpaired) electrons. The number of aromatic amines is 1. The van der Waals surface area contributed by atoms with E-state index < -0.39 is 0 Å². The van der Waals surface area contributed by atoms with Gasteiger partial charge in [0.15, 0.2) is 0 Å². The van der Waals surface area contributed by atoms with Gasteiger partial charge in [-0.25, -0.2) is 9.37 Å². The highest BCUT2D eigenvalue weighted by Gasteiger charge is 2.31. The number of amides is 1. The maximum atomic E-state index is 13.7. The number of carbonyl (C=O) groups is 1. The lowest BCUT2D eigenvalue weighted by Crippen LogP contribution is -2.31. The number of halogens is 1. The molecule has 0 saturated carbocycles. The van der Waals surface area contributed by atoms with E-state index in [-0.39, 0.29) is 17.8 Å². The van der Waals surface area contributed by atoms with Crippen molar-refractivity contribution >= 4 is 28.7 Å². The second kappa shape index (κ2) is 7.50. The van der Waals surface area contributed by atoms with Crippen LogP contribution in [0.15, 0.2) is 53.4 Å². The highest BCUT2D eigenvalue weighted by Crippen LogP contribution is 2.32. The number of carbonyl (C=O) groups excluding carboxylic acids is 1. The molecule has 134 valence electrons. The van der Waals surface area contributed by atoms with Gasteiger partial charge in [0.2, 0.25) is 5.91 Å². The predicted octanol–water partition coefficient (Wildman–Crippen LogP) is 4.55. The van der Waals surface area contributed by atoms with Gasteiger partial charge in [-0.1, -0.05) is 24.3 Å². The van der Waals surface area contributed by atoms with Crippen LogP contribution in [0.1, 0.15) is 31.1 Å². The molecule has 4 rings (SSSR count). The van der Waals surface area contributed by atoms with E-state index in [1.807, 2.05) is 35.2 Å². The Bertz CT molecular complexity index is 893. The molecular weight excluding hydrogens is 349 g/mol. The molecule has 0 bridgehead atoms. The minimum atomic E-state index is -0.230. The van der Waals surface area contributed by atoms with Crippen LogP contribution in [-0.4, -0.2) is 33.1 Å². The van der Waals surface area contributed by atoms with Gasteiger partial charge in [-0.15, -0.1) is 11.8 Å². The third-order valence-corrected chi connectivity index (χ3v) is 5.76. The van der Waals surface area contributed by atoms with E-state index in [4.69, 9.17) is 0 Å². The number of hydrogen-bond acceptors (Lipinski definition) is 3. The van der Waals surface area contributed by atoms with Crippen molar-refractivity contribution in [3.8, 4) is 0 Å². The summed E-state index contributed by atoms with van der Waals surface area (Å²) in [5.41, 5.74) is 1.92. The maximum absolute atomic E-state index is 13.7. The normalized spacial score (nSPS) is 17.1. The van der Waals surface area contributed by atoms with E-state index in [1.165, 1.54) is 17.8 Å². The number of benzene rings is 2. The Morgan fingerprint density at radius 2 is 2.04 bits per heavy atom. The number of H-pyrrole nitrogens is 1. The Hall–Kier alpha value is -2.34. The Balaban J connectivity index is 1.41. The number of hydrogen-bond donors (Lipinski definition) is 1. The molecule has 1 atom stereocenters. The lowest BCUT2D eigenvalue weighted by atomic mass is 10.2. The molecule has 0 spiro atoms. The summed E-state index contributed by atoms with van der Waals surface area (Å²) in [7, 11) is 0. The SMILES string of the molecule is O=C(CCSc1ccccc1F)N1CCC[C@H]1c1nc2ccccc2[nH]1. The smallest absolute Gasteiger partial charge is 0.224 e. The van der Waals surface area contributed by atoms with Gasteiger partial charge in [0, 0.05) is 23.6 Å². The zero-order chi connectivity index (χ0) is 17.9. The van der Waals surface area contributed by atoms with E-state index in [0.29, 0.717) is 17.1 Å². The number of imidazole rings is 1. The molecule has 2 heterocycles. The second-order valence-corrected chi connectivity index (χ2v) is 7.55. The number of likely N-dealkylation sites (tertiary alicyclic amines) is 1. The van der Waals surface area contributed by atoms with E-state index in [2.05, 4.69) is 9.97 Å². The van der Waals surface area contributed by atoms with Crippen molar-refractivity contribution in [2.75, 3.05) is 12.3 Å². The fourth-order valence-corrected chi connectivity index (χ4v) is 4.31. The minimum Gasteiger partial charge on any atom is -0.340 e. The van der Waals surface area contributed by atoms with Crippen LogP contribution >= 0.6 is 11.8 Å². The first-order chi connectivity index (χ1) is 12.7. The minimum absolute atomic E-state index is 0.00774. The topological polar surface area (TPSA) is 49.0 Å². The standard InChI is InChI=1S/C20H20FN3OS/c21-14-6-1-4-10-18(14)26-13-11-19(25)24-12-5-9-17(24)20-22-15-7-2-3-8-16(15)23-20/h1-4,6-8,10,17H,5,9,11-13H2,(H,22,23)/t17-/m0/s1. The third-order valence-electron chi connectivity index (χ3n) is 4.71. The summed E-state index contributed by atoms with van der Waals surface area (Å²) in [5.74, 6) is 1.31. The van der Waals surface area contributed by atoms with E-state index in [9.17, 15) is 9.18 Å². The van der Waals surface area contributed by atoms with Crippen LogP contribution in [-0.2, 0) is 4.79 Å². The molecule has 1 fully saturated rings. The number of aromatic nitrogens is 2. The van der Waals surface area contributed by atoms with Crippen LogP contribution in [0.2, 0.25) is 0 Å². The van der Waals surface area contributed by atoms with Crippen molar-refractivity contribution in [3.05, 3.63) is 60.2 Å². The first-order valence-electron chi connectivity index (χ1n) is 8.84. The Kier molecular flexibility index (Phi) is 4.93. The molecule has 1 saturated heterocycles. The lowest BCUT2D eigenvalue weighted by molar-refractivity contribution is -0.131. The zero-order valence-corrected chi connectivity index (χ0v) is 15.1. The average Bonchev–Trinajstić information content (AvgIpc) is 3.29. The van der Waals surface area contributed by atoms with Crippen molar-refractivity contribution in [3.63, 3.8) is 0 Å². The fraction of sp³-hybridized carbons (Fsp3) is 0.300. The number of nitrogens with one attached hydrogen (secondary N) is 1. The van der Waals surface area contributed by atoms with Crippen LogP contribution in [0.5, 0.6) is 0 Å². The Morgan fingerprint density at radius 3 is 2.88 bits per heavy atom. The number of thioether (sulfide) groups is 1. The first-order valence-corrected chi connectivity index (χ1v) is 9.82. The van der Waals surface area contributed by atoms with E-state index in [0.717, 1.165) is 36.2 Å². The summed E-state index contributed by atoms with van der Waals surface area (Å²) < 4.78 is 13.7. The molecule has 0 aliphatic carbocycles. The molecule has 1 aliphatic rings. The Labute approximate surface area is 155 Å². The maximum Gasteiger partial charge on any atom is 0.224 e. The molecular formula is C20H20FN3OS. The quantitative estimate of drug-likeness (QED) is 0.671. The van der Waals surface area contributed by atoms with Crippen molar-refractivity contribution in [1.82, 2.24) is 14.9 Å². The van der Waals surface area contributed by atoms with Gasteiger partial charge < -0.3 is 9.88 Å². The van der Waals surface area contributed by atoms with Crippen molar-refractivity contribution < 1.29 is 9.18 Å². The molecule has 4 nitrogen and oxygen atoms in total. The summed E-state index contributed by atoms with van der Waals surface area (Å²) >= 11 is 1.39. The second-order valence-electron chi connectivity index (χ2n) is 6.41. The van der Waals surface area contributed by atoms with Crippen molar-refractivity contribution in [1.29, 1.82) is 0 Å². The molecule has 1 aliphatic heterocycles. The van der Waals surface area contributed by atoms with Gasteiger partial charge in [0.05, 0.1) is 17.1 Å². The van der Waals surface area contributed by atoms with Crippen LogP contribution in [0.3, 0.4) is 0 Å². The molecule has 26 heavy (non-hydrogen) atoms. The number of rotatable bonds is 5. The monoisotopic (exact) mass is 369 g/mol. The highest BCUT2D eigenvalue weighted by molar-refractivity contribution is 7.99. The molecule has 6 heteroatoms. The number of para-hydroxylation sites is 2. The largest absolute Gasteiger partial charge is 0.340 e. The van der Waals surface area contributed by atoms with Crippen LogP contribution < -0.4 is 0 Å². The average molecular weight is 369 g/mol. The Morgan fingerprint density at radius 1 is 1.23 bits per heavy atom. The van der Waals surface area contributed by atoms with Gasteiger partial charge in [-0.2, -0.15) is 0 Å². The lowest BCUT2D eigenvalue weighted by Gasteiger charge is -2.23. The molecule has 1 N–H and O–H groups in total. The van der Waals surface area contributed by atoms with Gasteiger partial charge >= 0.3 is 0 Å². The summed E-state index contributed by atoms with van der Waals surface area (Å²) in [6.07, 6.45) is 2.30. The highest BCUT2D eigenvalue weighted by atomic mass is 32.2. The van der Waals surface area contributed by atoms with Crippen molar-refractivity contribution in [2.45, 2.75) is 30.2 Å². The summed E-state index contributed by atoms with van der Waals surface area (Å²) in [6.45, 7) is 0.755. The first kappa shape index (κ1) is 17.1. The number of fused-ring (bicyclic) bond motifs is 1. The summed E-state index contributed by atoms with van der Waals surface area (Å²) in [6, 6.07) is 14.6. The molecule has 0 unspecified atom stereocenters. The molecule has 3 aromatic rings. The summed E-state index contributed by atoms with van der Waals surface area (Å²) in [4.78, 5) is 23.2. The van der Waals surface area contributed by atoms with Gasteiger partial charge in [0.25, 0.3) is 0 Å². The van der Waals surface area contributed by atoms with Gasteiger partial charge in [0.1, 0.15) is 11.6 Å². The zero-order valence-electron chi connectivity index (χ0n) is 14.3. The summed E-state index contributed by atoms with van der Waals surface area (Å²) in [5, 5.41) is 0. The molecule has 2 aromatic carbocycles. The van der Waals surface area contributed by atoms with E-state index in [1.54, 1.807) is 12.1 Å². The predicted molar refractivity (Wildman–Crippen MR) is 102 cm³/mol. The third kappa shape index (κ3) is 3.46.